The van der Waals surface area contributed by atoms with Crippen LogP contribution in [0.3, 0.4) is 0 Å². The standard InChI is InChI=1S/C24H27FN4O/c1-15-12-20(19-7-9-21(25)10-8-19)13-22(26-15)23-6-5-11-28(23)24(30)14-29-18(4)16(2)17(3)27-29/h7-10,12-13,23H,5-6,11,14H2,1-4H3/t23-/m0/s1. The minimum Gasteiger partial charge on any atom is -0.332 e. The summed E-state index contributed by atoms with van der Waals surface area (Å²) in [7, 11) is 0. The van der Waals surface area contributed by atoms with Crippen molar-refractivity contribution in [1.82, 2.24) is 19.7 Å². The lowest BCUT2D eigenvalue weighted by molar-refractivity contribution is -0.133. The van der Waals surface area contributed by atoms with Crippen LogP contribution in [0.2, 0.25) is 0 Å². The van der Waals surface area contributed by atoms with E-state index in [4.69, 9.17) is 4.98 Å². The van der Waals surface area contributed by atoms with Gasteiger partial charge in [0.15, 0.2) is 0 Å². The molecule has 1 fully saturated rings. The Morgan fingerprint density at radius 1 is 1.10 bits per heavy atom. The van der Waals surface area contributed by atoms with Crippen LogP contribution in [-0.2, 0) is 11.3 Å². The second kappa shape index (κ2) is 8.01. The number of hydrogen-bond acceptors (Lipinski definition) is 3. The number of hydrogen-bond donors (Lipinski definition) is 0. The first kappa shape index (κ1) is 20.3. The molecule has 0 saturated carbocycles. The third-order valence-corrected chi connectivity index (χ3v) is 6.09. The molecule has 30 heavy (non-hydrogen) atoms. The van der Waals surface area contributed by atoms with Crippen LogP contribution in [0, 0.1) is 33.5 Å². The number of benzene rings is 1. The monoisotopic (exact) mass is 406 g/mol. The summed E-state index contributed by atoms with van der Waals surface area (Å²) < 4.78 is 15.1. The van der Waals surface area contributed by atoms with E-state index in [-0.39, 0.29) is 24.3 Å². The van der Waals surface area contributed by atoms with Gasteiger partial charge in [0.05, 0.1) is 17.4 Å². The highest BCUT2D eigenvalue weighted by atomic mass is 19.1. The maximum atomic E-state index is 13.3. The number of carbonyl (C=O) groups is 1. The zero-order chi connectivity index (χ0) is 21.4. The topological polar surface area (TPSA) is 51.0 Å². The Bertz CT molecular complexity index is 1090. The summed E-state index contributed by atoms with van der Waals surface area (Å²) in [6, 6.07) is 10.5. The molecule has 5 nitrogen and oxygen atoms in total. The average molecular weight is 407 g/mol. The smallest absolute Gasteiger partial charge is 0.244 e. The van der Waals surface area contributed by atoms with Gasteiger partial charge in [-0.1, -0.05) is 12.1 Å². The van der Waals surface area contributed by atoms with E-state index in [2.05, 4.69) is 5.10 Å². The predicted molar refractivity (Wildman–Crippen MR) is 114 cm³/mol. The van der Waals surface area contributed by atoms with Gasteiger partial charge in [-0.05, 0) is 81.5 Å². The summed E-state index contributed by atoms with van der Waals surface area (Å²) >= 11 is 0. The summed E-state index contributed by atoms with van der Waals surface area (Å²) in [4.78, 5) is 19.8. The fraction of sp³-hybridized carbons (Fsp3) is 0.375. The van der Waals surface area contributed by atoms with E-state index in [1.54, 1.807) is 16.8 Å². The SMILES string of the molecule is Cc1cc(-c2ccc(F)cc2)cc([C@@H]2CCCN2C(=O)Cn2nc(C)c(C)c2C)n1. The molecule has 1 aliphatic rings. The molecule has 4 rings (SSSR count). The molecule has 0 spiro atoms. The van der Waals surface area contributed by atoms with Gasteiger partial charge >= 0.3 is 0 Å². The van der Waals surface area contributed by atoms with Gasteiger partial charge < -0.3 is 4.90 Å². The van der Waals surface area contributed by atoms with Gasteiger partial charge in [-0.3, -0.25) is 14.5 Å². The van der Waals surface area contributed by atoms with Gasteiger partial charge in [0.1, 0.15) is 12.4 Å². The molecule has 3 aromatic rings. The lowest BCUT2D eigenvalue weighted by Gasteiger charge is -2.25. The molecule has 1 atom stereocenters. The number of nitrogens with zero attached hydrogens (tertiary/aromatic N) is 4. The van der Waals surface area contributed by atoms with Crippen molar-refractivity contribution >= 4 is 5.91 Å². The Morgan fingerprint density at radius 2 is 1.83 bits per heavy atom. The molecule has 1 aromatic carbocycles. The average Bonchev–Trinajstić information content (AvgIpc) is 3.30. The number of amides is 1. The van der Waals surface area contributed by atoms with Gasteiger partial charge in [-0.25, -0.2) is 4.39 Å². The van der Waals surface area contributed by atoms with Gasteiger partial charge in [-0.15, -0.1) is 0 Å². The molecule has 6 heteroatoms. The molecular formula is C24H27FN4O. The van der Waals surface area contributed by atoms with E-state index in [9.17, 15) is 9.18 Å². The first-order chi connectivity index (χ1) is 14.3. The van der Waals surface area contributed by atoms with E-state index < -0.39 is 0 Å². The molecule has 0 aliphatic carbocycles. The van der Waals surface area contributed by atoms with Crippen LogP contribution in [0.1, 0.15) is 47.2 Å². The molecule has 2 aromatic heterocycles. The molecule has 3 heterocycles. The largest absolute Gasteiger partial charge is 0.332 e. The molecule has 1 saturated heterocycles. The van der Waals surface area contributed by atoms with Crippen molar-refractivity contribution in [1.29, 1.82) is 0 Å². The number of rotatable bonds is 4. The van der Waals surface area contributed by atoms with Crippen molar-refractivity contribution in [3.8, 4) is 11.1 Å². The van der Waals surface area contributed by atoms with Crippen LogP contribution < -0.4 is 0 Å². The molecule has 0 unspecified atom stereocenters. The maximum Gasteiger partial charge on any atom is 0.244 e. The zero-order valence-corrected chi connectivity index (χ0v) is 17.9. The number of pyridine rings is 1. The highest BCUT2D eigenvalue weighted by Crippen LogP contribution is 2.33. The van der Waals surface area contributed by atoms with Crippen molar-refractivity contribution < 1.29 is 9.18 Å². The second-order valence-electron chi connectivity index (χ2n) is 8.13. The van der Waals surface area contributed by atoms with Crippen LogP contribution in [0.4, 0.5) is 4.39 Å². The quantitative estimate of drug-likeness (QED) is 0.632. The fourth-order valence-corrected chi connectivity index (χ4v) is 4.21. The zero-order valence-electron chi connectivity index (χ0n) is 17.9. The summed E-state index contributed by atoms with van der Waals surface area (Å²) in [6.07, 6.45) is 1.84. The van der Waals surface area contributed by atoms with E-state index >= 15 is 0 Å². The Morgan fingerprint density at radius 3 is 2.50 bits per heavy atom. The number of carbonyl (C=O) groups excluding carboxylic acids is 1. The van der Waals surface area contributed by atoms with Crippen LogP contribution in [0.15, 0.2) is 36.4 Å². The fourth-order valence-electron chi connectivity index (χ4n) is 4.21. The minimum absolute atomic E-state index is 0.0466. The summed E-state index contributed by atoms with van der Waals surface area (Å²) in [6.45, 7) is 8.93. The Hall–Kier alpha value is -3.02. The van der Waals surface area contributed by atoms with Crippen molar-refractivity contribution in [3.63, 3.8) is 0 Å². The first-order valence-electron chi connectivity index (χ1n) is 10.4. The Balaban J connectivity index is 1.60. The number of likely N-dealkylation sites (tertiary alicyclic amines) is 1. The highest BCUT2D eigenvalue weighted by molar-refractivity contribution is 5.77. The van der Waals surface area contributed by atoms with E-state index in [1.165, 1.54) is 12.1 Å². The molecule has 1 aliphatic heterocycles. The molecular weight excluding hydrogens is 379 g/mol. The predicted octanol–water partition coefficient (Wildman–Crippen LogP) is 4.68. The second-order valence-corrected chi connectivity index (χ2v) is 8.13. The molecule has 0 bridgehead atoms. The maximum absolute atomic E-state index is 13.3. The van der Waals surface area contributed by atoms with Crippen LogP contribution >= 0.6 is 0 Å². The number of aromatic nitrogens is 3. The number of aryl methyl sites for hydroxylation is 2. The first-order valence-corrected chi connectivity index (χ1v) is 10.4. The molecule has 0 N–H and O–H groups in total. The van der Waals surface area contributed by atoms with Crippen LogP contribution in [-0.4, -0.2) is 32.1 Å². The lowest BCUT2D eigenvalue weighted by atomic mass is 10.0. The molecule has 0 radical (unpaired) electrons. The minimum atomic E-state index is -0.253. The van der Waals surface area contributed by atoms with Crippen molar-refractivity contribution in [3.05, 3.63) is 70.6 Å². The van der Waals surface area contributed by atoms with Gasteiger partial charge in [0.25, 0.3) is 0 Å². The van der Waals surface area contributed by atoms with Crippen molar-refractivity contribution in [2.45, 2.75) is 53.1 Å². The van der Waals surface area contributed by atoms with Gasteiger partial charge in [0.2, 0.25) is 5.91 Å². The molecule has 156 valence electrons. The van der Waals surface area contributed by atoms with E-state index in [1.807, 2.05) is 44.7 Å². The Kier molecular flexibility index (Phi) is 5.41. The summed E-state index contributed by atoms with van der Waals surface area (Å²) in [5, 5.41) is 4.52. The summed E-state index contributed by atoms with van der Waals surface area (Å²) in [5.74, 6) is -0.188. The number of halogens is 1. The Labute approximate surface area is 176 Å². The van der Waals surface area contributed by atoms with Gasteiger partial charge in [0, 0.05) is 17.9 Å². The van der Waals surface area contributed by atoms with E-state index in [0.717, 1.165) is 58.9 Å². The van der Waals surface area contributed by atoms with E-state index in [0.29, 0.717) is 0 Å². The third-order valence-electron chi connectivity index (χ3n) is 6.09. The van der Waals surface area contributed by atoms with Crippen molar-refractivity contribution in [2.24, 2.45) is 0 Å². The summed E-state index contributed by atoms with van der Waals surface area (Å²) in [5.41, 5.74) is 6.84. The highest BCUT2D eigenvalue weighted by Gasteiger charge is 2.31. The third kappa shape index (κ3) is 3.86. The van der Waals surface area contributed by atoms with Crippen molar-refractivity contribution in [2.75, 3.05) is 6.54 Å². The normalized spacial score (nSPS) is 16.3. The van der Waals surface area contributed by atoms with Crippen LogP contribution in [0.5, 0.6) is 0 Å². The lowest BCUT2D eigenvalue weighted by Crippen LogP contribution is -2.34. The van der Waals surface area contributed by atoms with Gasteiger partial charge in [-0.2, -0.15) is 5.10 Å². The van der Waals surface area contributed by atoms with Crippen LogP contribution in [0.25, 0.3) is 11.1 Å². The molecule has 1 amide bonds.